The molecule has 1 aliphatic rings. The minimum atomic E-state index is -0.284. The molecule has 1 aliphatic heterocycles. The number of nitrogens with zero attached hydrogens (tertiary/aromatic N) is 1. The van der Waals surface area contributed by atoms with E-state index in [-0.39, 0.29) is 18.3 Å². The highest BCUT2D eigenvalue weighted by molar-refractivity contribution is 6.62. The lowest BCUT2D eigenvalue weighted by molar-refractivity contribution is 0.00578. The predicted molar refractivity (Wildman–Crippen MR) is 84.3 cm³/mol. The molecule has 0 atom stereocenters. The molecule has 0 spiro atoms. The smallest absolute Gasteiger partial charge is 0.399 e. The molecule has 1 fully saturated rings. The molecule has 1 saturated heterocycles. The maximum Gasteiger partial charge on any atom is 0.494 e. The molecule has 0 aliphatic carbocycles. The van der Waals surface area contributed by atoms with Gasteiger partial charge in [-0.05, 0) is 65.3 Å². The molecule has 0 saturated carbocycles. The van der Waals surface area contributed by atoms with Crippen LogP contribution in [-0.4, -0.2) is 37.3 Å². The van der Waals surface area contributed by atoms with E-state index >= 15 is 0 Å². The Hall–Kier alpha value is -0.835. The monoisotopic (exact) mass is 275 g/mol. The van der Waals surface area contributed by atoms with Crippen LogP contribution in [0.4, 0.5) is 0 Å². The van der Waals surface area contributed by atoms with Gasteiger partial charge in [-0.2, -0.15) is 0 Å². The fraction of sp³-hybridized carbons (Fsp3) is 0.625. The van der Waals surface area contributed by atoms with Crippen LogP contribution in [0.2, 0.25) is 0 Å². The fourth-order valence-corrected chi connectivity index (χ4v) is 2.36. The molecule has 2 rings (SSSR count). The zero-order valence-electron chi connectivity index (χ0n) is 13.8. The lowest BCUT2D eigenvalue weighted by Gasteiger charge is -2.32. The van der Waals surface area contributed by atoms with Gasteiger partial charge in [-0.1, -0.05) is 18.2 Å². The van der Waals surface area contributed by atoms with Crippen molar-refractivity contribution in [3.63, 3.8) is 0 Å². The Morgan fingerprint density at radius 1 is 1.05 bits per heavy atom. The van der Waals surface area contributed by atoms with Gasteiger partial charge in [0.15, 0.2) is 0 Å². The summed E-state index contributed by atoms with van der Waals surface area (Å²) in [4.78, 5) is 2.18. The number of hydrogen-bond acceptors (Lipinski definition) is 3. The average Bonchev–Trinajstić information content (AvgIpc) is 2.50. The zero-order valence-corrected chi connectivity index (χ0v) is 13.8. The molecule has 1 aromatic carbocycles. The van der Waals surface area contributed by atoms with Gasteiger partial charge in [0, 0.05) is 6.54 Å². The van der Waals surface area contributed by atoms with E-state index in [0.717, 1.165) is 12.0 Å². The van der Waals surface area contributed by atoms with Crippen molar-refractivity contribution in [3.05, 3.63) is 29.3 Å². The lowest BCUT2D eigenvalue weighted by atomic mass is 9.78. The molecule has 110 valence electrons. The van der Waals surface area contributed by atoms with E-state index in [1.54, 1.807) is 0 Å². The van der Waals surface area contributed by atoms with Gasteiger partial charge in [0.1, 0.15) is 0 Å². The van der Waals surface area contributed by atoms with Crippen LogP contribution in [0.3, 0.4) is 0 Å². The van der Waals surface area contributed by atoms with Gasteiger partial charge in [-0.25, -0.2) is 0 Å². The summed E-state index contributed by atoms with van der Waals surface area (Å²) in [6.45, 7) is 11.4. The number of rotatable bonds is 3. The van der Waals surface area contributed by atoms with Crippen LogP contribution in [0.25, 0.3) is 0 Å². The van der Waals surface area contributed by atoms with Crippen LogP contribution in [-0.2, 0) is 15.9 Å². The molecule has 0 radical (unpaired) electrons. The highest BCUT2D eigenvalue weighted by Crippen LogP contribution is 2.36. The van der Waals surface area contributed by atoms with Gasteiger partial charge >= 0.3 is 7.12 Å². The average molecular weight is 275 g/mol. The van der Waals surface area contributed by atoms with Crippen molar-refractivity contribution in [2.45, 2.75) is 52.4 Å². The van der Waals surface area contributed by atoms with E-state index in [4.69, 9.17) is 9.31 Å². The number of benzene rings is 1. The Morgan fingerprint density at radius 2 is 1.60 bits per heavy atom. The molecule has 0 N–H and O–H groups in total. The van der Waals surface area contributed by atoms with Crippen molar-refractivity contribution < 1.29 is 9.31 Å². The highest BCUT2D eigenvalue weighted by atomic mass is 16.7. The topological polar surface area (TPSA) is 21.7 Å². The summed E-state index contributed by atoms with van der Waals surface area (Å²) >= 11 is 0. The van der Waals surface area contributed by atoms with E-state index in [2.05, 4.69) is 71.8 Å². The standard InChI is InChI=1S/C16H26BNO2/c1-12-10-14(9-8-13(12)11-18(6)7)17-19-15(2,3)16(4,5)20-17/h8-10H,11H2,1-7H3. The SMILES string of the molecule is Cc1cc(B2OC(C)(C)C(C)(C)O2)ccc1CN(C)C. The first-order valence-electron chi connectivity index (χ1n) is 7.22. The second-order valence-corrected chi connectivity index (χ2v) is 7.01. The van der Waals surface area contributed by atoms with Gasteiger partial charge in [0.25, 0.3) is 0 Å². The third-order valence-electron chi connectivity index (χ3n) is 4.38. The van der Waals surface area contributed by atoms with Crippen LogP contribution in [0.15, 0.2) is 18.2 Å². The summed E-state index contributed by atoms with van der Waals surface area (Å²) in [5.41, 5.74) is 3.16. The summed E-state index contributed by atoms with van der Waals surface area (Å²) < 4.78 is 12.2. The van der Waals surface area contributed by atoms with E-state index in [0.29, 0.717) is 0 Å². The minimum absolute atomic E-state index is 0.271. The number of hydrogen-bond donors (Lipinski definition) is 0. The maximum absolute atomic E-state index is 6.09. The van der Waals surface area contributed by atoms with Crippen molar-refractivity contribution in [2.75, 3.05) is 14.1 Å². The maximum atomic E-state index is 6.09. The van der Waals surface area contributed by atoms with Crippen LogP contribution in [0, 0.1) is 6.92 Å². The molecular formula is C16H26BNO2. The lowest BCUT2D eigenvalue weighted by Crippen LogP contribution is -2.41. The summed E-state index contributed by atoms with van der Waals surface area (Å²) in [5, 5.41) is 0. The summed E-state index contributed by atoms with van der Waals surface area (Å²) in [6.07, 6.45) is 0. The quantitative estimate of drug-likeness (QED) is 0.790. The molecule has 1 heterocycles. The fourth-order valence-electron chi connectivity index (χ4n) is 2.36. The van der Waals surface area contributed by atoms with Gasteiger partial charge in [0.05, 0.1) is 11.2 Å². The van der Waals surface area contributed by atoms with Crippen molar-refractivity contribution in [3.8, 4) is 0 Å². The Morgan fingerprint density at radius 3 is 2.05 bits per heavy atom. The molecule has 20 heavy (non-hydrogen) atoms. The molecular weight excluding hydrogens is 249 g/mol. The Bertz CT molecular complexity index is 481. The van der Waals surface area contributed by atoms with Crippen LogP contribution in [0.5, 0.6) is 0 Å². The van der Waals surface area contributed by atoms with E-state index < -0.39 is 0 Å². The van der Waals surface area contributed by atoms with E-state index in [1.165, 1.54) is 11.1 Å². The van der Waals surface area contributed by atoms with Crippen LogP contribution < -0.4 is 5.46 Å². The van der Waals surface area contributed by atoms with Gasteiger partial charge in [-0.15, -0.1) is 0 Å². The third kappa shape index (κ3) is 2.92. The van der Waals surface area contributed by atoms with E-state index in [9.17, 15) is 0 Å². The first-order valence-corrected chi connectivity index (χ1v) is 7.22. The third-order valence-corrected chi connectivity index (χ3v) is 4.38. The summed E-state index contributed by atoms with van der Waals surface area (Å²) in [5.74, 6) is 0. The van der Waals surface area contributed by atoms with Crippen molar-refractivity contribution in [2.24, 2.45) is 0 Å². The summed E-state index contributed by atoms with van der Waals surface area (Å²) in [7, 11) is 3.90. The molecule has 1 aromatic rings. The van der Waals surface area contributed by atoms with Crippen molar-refractivity contribution >= 4 is 12.6 Å². The zero-order chi connectivity index (χ0) is 15.1. The summed E-state index contributed by atoms with van der Waals surface area (Å²) in [6, 6.07) is 6.48. The van der Waals surface area contributed by atoms with E-state index in [1.807, 2.05) is 0 Å². The van der Waals surface area contributed by atoms with Crippen molar-refractivity contribution in [1.29, 1.82) is 0 Å². The second kappa shape index (κ2) is 5.17. The van der Waals surface area contributed by atoms with Gasteiger partial charge in [-0.3, -0.25) is 0 Å². The molecule has 0 unspecified atom stereocenters. The first-order chi connectivity index (χ1) is 9.12. The molecule has 0 bridgehead atoms. The molecule has 4 heteroatoms. The number of aryl methyl sites for hydroxylation is 1. The highest BCUT2D eigenvalue weighted by Gasteiger charge is 2.51. The van der Waals surface area contributed by atoms with Crippen molar-refractivity contribution in [1.82, 2.24) is 4.90 Å². The first kappa shape index (κ1) is 15.6. The van der Waals surface area contributed by atoms with Gasteiger partial charge < -0.3 is 14.2 Å². The molecule has 3 nitrogen and oxygen atoms in total. The molecule has 0 aromatic heterocycles. The van der Waals surface area contributed by atoms with Crippen LogP contribution >= 0.6 is 0 Å². The predicted octanol–water partition coefficient (Wildman–Crippen LogP) is 2.36. The Labute approximate surface area is 123 Å². The largest absolute Gasteiger partial charge is 0.494 e. The molecule has 0 amide bonds. The normalized spacial score (nSPS) is 20.7. The Balaban J connectivity index is 2.22. The van der Waals surface area contributed by atoms with Crippen LogP contribution in [0.1, 0.15) is 38.8 Å². The van der Waals surface area contributed by atoms with Gasteiger partial charge in [0.2, 0.25) is 0 Å². The Kier molecular flexibility index (Phi) is 4.02. The minimum Gasteiger partial charge on any atom is -0.399 e. The second-order valence-electron chi connectivity index (χ2n) is 7.01.